The average Bonchev–Trinajstić information content (AvgIpc) is 4.00. The van der Waals surface area contributed by atoms with Crippen LogP contribution >= 0.6 is 0 Å². The molecule has 0 saturated heterocycles. The Kier molecular flexibility index (Phi) is 7.92. The predicted molar refractivity (Wildman–Crippen MR) is 255 cm³/mol. The maximum Gasteiger partial charge on any atom is 0.179 e. The Morgan fingerprint density at radius 2 is 0.823 bits per heavy atom. The quantitative estimate of drug-likeness (QED) is 0.124. The van der Waals surface area contributed by atoms with Gasteiger partial charge in [-0.3, -0.25) is 0 Å². The van der Waals surface area contributed by atoms with Gasteiger partial charge in [-0.25, -0.2) is 0 Å². The standard InChI is InChI=1S/C56H34N4OSi/c57-35-37-11-9-13-43(33-37)62(44-14-10-12-38(34-44)36-58,41-27-23-39(24-28-41)59-49-19-5-1-15-45(49)46-16-2-6-20-50(46)59)42-29-25-40(26-30-42)60-51-21-7-3-17-47(51)55-52(60)31-32-54-56(55)48-18-4-8-22-53(48)61-54/h1-34H. The van der Waals surface area contributed by atoms with E-state index < -0.39 is 8.07 Å². The molecule has 0 atom stereocenters. The molecule has 62 heavy (non-hydrogen) atoms. The van der Waals surface area contributed by atoms with Gasteiger partial charge in [-0.15, -0.1) is 0 Å². The average molecular weight is 807 g/mol. The molecular weight excluding hydrogens is 773 g/mol. The molecule has 0 fully saturated rings. The van der Waals surface area contributed by atoms with E-state index >= 15 is 0 Å². The van der Waals surface area contributed by atoms with E-state index in [0.29, 0.717) is 11.1 Å². The summed E-state index contributed by atoms with van der Waals surface area (Å²) >= 11 is 0. The van der Waals surface area contributed by atoms with Crippen LogP contribution in [0.3, 0.4) is 0 Å². The zero-order valence-electron chi connectivity index (χ0n) is 33.3. The third-order valence-electron chi connectivity index (χ3n) is 12.7. The molecule has 0 aliphatic rings. The molecular formula is C56H34N4OSi. The maximum atomic E-state index is 10.3. The molecule has 0 amide bonds. The van der Waals surface area contributed by atoms with Crippen molar-refractivity contribution in [2.75, 3.05) is 0 Å². The fourth-order valence-corrected chi connectivity index (χ4v) is 14.9. The van der Waals surface area contributed by atoms with Crippen molar-refractivity contribution in [3.8, 4) is 23.5 Å². The molecule has 0 aliphatic carbocycles. The molecule has 3 aromatic heterocycles. The van der Waals surface area contributed by atoms with Crippen LogP contribution in [0.4, 0.5) is 0 Å². The molecule has 3 heterocycles. The van der Waals surface area contributed by atoms with E-state index in [1.807, 2.05) is 48.5 Å². The number of nitriles is 2. The first kappa shape index (κ1) is 35.5. The first-order valence-electron chi connectivity index (χ1n) is 20.7. The zero-order chi connectivity index (χ0) is 41.4. The highest BCUT2D eigenvalue weighted by Crippen LogP contribution is 2.41. The number of benzene rings is 9. The van der Waals surface area contributed by atoms with E-state index in [-0.39, 0.29) is 0 Å². The van der Waals surface area contributed by atoms with E-state index in [0.717, 1.165) is 81.5 Å². The van der Waals surface area contributed by atoms with Crippen LogP contribution in [0.1, 0.15) is 11.1 Å². The van der Waals surface area contributed by atoms with Gasteiger partial charge < -0.3 is 13.6 Å². The van der Waals surface area contributed by atoms with Crippen LogP contribution in [0.2, 0.25) is 0 Å². The minimum absolute atomic E-state index is 0.595. The first-order chi connectivity index (χ1) is 30.6. The summed E-state index contributed by atoms with van der Waals surface area (Å²) in [5, 5.41) is 31.9. The van der Waals surface area contributed by atoms with Crippen LogP contribution in [-0.2, 0) is 0 Å². The van der Waals surface area contributed by atoms with E-state index in [9.17, 15) is 10.5 Å². The van der Waals surface area contributed by atoms with E-state index in [1.165, 1.54) is 16.2 Å². The second kappa shape index (κ2) is 13.8. The van der Waals surface area contributed by atoms with E-state index in [1.54, 1.807) is 0 Å². The molecule has 12 aromatic rings. The van der Waals surface area contributed by atoms with Crippen molar-refractivity contribution in [2.24, 2.45) is 0 Å². The molecule has 0 aliphatic heterocycles. The lowest BCUT2D eigenvalue weighted by atomic mass is 10.1. The Morgan fingerprint density at radius 3 is 1.37 bits per heavy atom. The van der Waals surface area contributed by atoms with Crippen molar-refractivity contribution in [3.05, 3.63) is 217 Å². The van der Waals surface area contributed by atoms with Crippen LogP contribution < -0.4 is 20.7 Å². The van der Waals surface area contributed by atoms with Crippen molar-refractivity contribution in [3.63, 3.8) is 0 Å². The smallest absolute Gasteiger partial charge is 0.179 e. The van der Waals surface area contributed by atoms with E-state index in [2.05, 4.69) is 179 Å². The minimum atomic E-state index is -3.22. The predicted octanol–water partition coefficient (Wildman–Crippen LogP) is 10.9. The maximum absolute atomic E-state index is 10.3. The minimum Gasteiger partial charge on any atom is -0.456 e. The van der Waals surface area contributed by atoms with Crippen LogP contribution in [-0.4, -0.2) is 17.2 Å². The Bertz CT molecular complexity index is 3730. The summed E-state index contributed by atoms with van der Waals surface area (Å²) in [5.41, 5.74) is 9.55. The molecule has 0 saturated carbocycles. The Balaban J connectivity index is 1.10. The van der Waals surface area contributed by atoms with Crippen molar-refractivity contribution in [2.45, 2.75) is 0 Å². The van der Waals surface area contributed by atoms with Gasteiger partial charge in [0.2, 0.25) is 0 Å². The summed E-state index contributed by atoms with van der Waals surface area (Å²) < 4.78 is 11.0. The van der Waals surface area contributed by atoms with Gasteiger partial charge in [0, 0.05) is 43.7 Å². The molecule has 0 spiro atoms. The molecule has 0 radical (unpaired) electrons. The lowest BCUT2D eigenvalue weighted by molar-refractivity contribution is 0.669. The largest absolute Gasteiger partial charge is 0.456 e. The molecule has 9 aromatic carbocycles. The number of aromatic nitrogens is 2. The number of fused-ring (bicyclic) bond motifs is 10. The van der Waals surface area contributed by atoms with Gasteiger partial charge in [0.15, 0.2) is 8.07 Å². The first-order valence-corrected chi connectivity index (χ1v) is 22.7. The zero-order valence-corrected chi connectivity index (χ0v) is 34.3. The fraction of sp³-hybridized carbons (Fsp3) is 0. The van der Waals surface area contributed by atoms with Crippen molar-refractivity contribution >= 4 is 94.4 Å². The number of hydrogen-bond acceptors (Lipinski definition) is 3. The molecule has 12 rings (SSSR count). The second-order valence-corrected chi connectivity index (χ2v) is 19.7. The number of para-hydroxylation sites is 4. The third-order valence-corrected chi connectivity index (χ3v) is 17.5. The Labute approximate surface area is 357 Å². The summed E-state index contributed by atoms with van der Waals surface area (Å²) in [6, 6.07) is 77.2. The fourth-order valence-electron chi connectivity index (χ4n) is 10.1. The summed E-state index contributed by atoms with van der Waals surface area (Å²) in [6.45, 7) is 0. The van der Waals surface area contributed by atoms with Crippen LogP contribution in [0, 0.1) is 22.7 Å². The number of furan rings is 1. The summed E-state index contributed by atoms with van der Waals surface area (Å²) in [6.07, 6.45) is 0. The topological polar surface area (TPSA) is 70.6 Å². The molecule has 288 valence electrons. The molecule has 0 bridgehead atoms. The summed E-state index contributed by atoms with van der Waals surface area (Å²) in [5.74, 6) is 0. The Hall–Kier alpha value is -8.42. The van der Waals surface area contributed by atoms with Crippen molar-refractivity contribution in [1.29, 1.82) is 10.5 Å². The highest BCUT2D eigenvalue weighted by Gasteiger charge is 2.42. The molecule has 6 heteroatoms. The van der Waals surface area contributed by atoms with Gasteiger partial charge in [-0.1, -0.05) is 121 Å². The van der Waals surface area contributed by atoms with Crippen LogP contribution in [0.25, 0.3) is 76.9 Å². The number of hydrogen-bond donors (Lipinski definition) is 0. The molecule has 5 nitrogen and oxygen atoms in total. The summed E-state index contributed by atoms with van der Waals surface area (Å²) in [7, 11) is -3.22. The molecule has 0 N–H and O–H groups in total. The highest BCUT2D eigenvalue weighted by atomic mass is 28.3. The number of rotatable bonds is 6. The Morgan fingerprint density at radius 1 is 0.355 bits per heavy atom. The van der Waals surface area contributed by atoms with Crippen LogP contribution in [0.15, 0.2) is 211 Å². The summed E-state index contributed by atoms with van der Waals surface area (Å²) in [4.78, 5) is 0. The monoisotopic (exact) mass is 806 g/mol. The second-order valence-electron chi connectivity index (χ2n) is 15.9. The van der Waals surface area contributed by atoms with Crippen LogP contribution in [0.5, 0.6) is 0 Å². The van der Waals surface area contributed by atoms with Gasteiger partial charge in [-0.2, -0.15) is 10.5 Å². The van der Waals surface area contributed by atoms with Gasteiger partial charge in [-0.05, 0) is 106 Å². The van der Waals surface area contributed by atoms with Gasteiger partial charge in [0.05, 0.1) is 45.3 Å². The van der Waals surface area contributed by atoms with Crippen molar-refractivity contribution < 1.29 is 4.42 Å². The van der Waals surface area contributed by atoms with Gasteiger partial charge >= 0.3 is 0 Å². The SMILES string of the molecule is N#Cc1cccc([Si](c2ccc(-n3c4ccccc4c4ccccc43)cc2)(c2ccc(-n3c4ccccc4c4c5c(ccc43)oc3ccccc35)cc2)c2cccc(C#N)c2)c1. The van der Waals surface area contributed by atoms with Gasteiger partial charge in [0.25, 0.3) is 0 Å². The third kappa shape index (κ3) is 5.12. The van der Waals surface area contributed by atoms with Gasteiger partial charge in [0.1, 0.15) is 11.2 Å². The normalized spacial score (nSPS) is 11.8. The highest BCUT2D eigenvalue weighted by molar-refractivity contribution is 7.20. The molecule has 0 unspecified atom stereocenters. The lowest BCUT2D eigenvalue weighted by Gasteiger charge is -2.35. The van der Waals surface area contributed by atoms with Crippen molar-refractivity contribution in [1.82, 2.24) is 9.13 Å². The van der Waals surface area contributed by atoms with E-state index in [4.69, 9.17) is 4.42 Å². The lowest BCUT2D eigenvalue weighted by Crippen LogP contribution is -2.74. The number of nitrogens with zero attached hydrogens (tertiary/aromatic N) is 4.